The van der Waals surface area contributed by atoms with Gasteiger partial charge < -0.3 is 4.98 Å². The fourth-order valence-electron chi connectivity index (χ4n) is 3.05. The van der Waals surface area contributed by atoms with Crippen molar-refractivity contribution in [1.29, 1.82) is 0 Å². The zero-order chi connectivity index (χ0) is 17.4. The van der Waals surface area contributed by atoms with Gasteiger partial charge in [-0.1, -0.05) is 19.8 Å². The molecule has 0 radical (unpaired) electrons. The van der Waals surface area contributed by atoms with Crippen molar-refractivity contribution in [1.82, 2.24) is 34.1 Å². The van der Waals surface area contributed by atoms with Crippen molar-refractivity contribution in [3.05, 3.63) is 40.7 Å². The van der Waals surface area contributed by atoms with Gasteiger partial charge in [0.2, 0.25) is 5.78 Å². The topological polar surface area (TPSA) is 93.8 Å². The van der Waals surface area contributed by atoms with Crippen LogP contribution in [0.4, 0.5) is 0 Å². The van der Waals surface area contributed by atoms with E-state index in [4.69, 9.17) is 0 Å². The molecule has 4 rings (SSSR count). The number of H-pyrrole nitrogens is 1. The van der Waals surface area contributed by atoms with E-state index in [-0.39, 0.29) is 5.56 Å². The van der Waals surface area contributed by atoms with Gasteiger partial charge in [-0.25, -0.2) is 9.38 Å². The van der Waals surface area contributed by atoms with Crippen molar-refractivity contribution in [3.8, 4) is 11.4 Å². The Kier molecular flexibility index (Phi) is 3.79. The van der Waals surface area contributed by atoms with Crippen LogP contribution in [0.2, 0.25) is 0 Å². The summed E-state index contributed by atoms with van der Waals surface area (Å²) in [6, 6.07) is 3.73. The molecule has 0 aliphatic heterocycles. The Morgan fingerprint density at radius 3 is 2.72 bits per heavy atom. The second-order valence-electron chi connectivity index (χ2n) is 6.07. The lowest BCUT2D eigenvalue weighted by atomic mass is 10.2. The molecule has 8 heteroatoms. The van der Waals surface area contributed by atoms with Gasteiger partial charge in [0.25, 0.3) is 5.56 Å². The number of rotatable bonds is 5. The summed E-state index contributed by atoms with van der Waals surface area (Å²) in [6.45, 7) is 4.69. The summed E-state index contributed by atoms with van der Waals surface area (Å²) < 4.78 is 3.52. The number of hydrogen-bond donors (Lipinski definition) is 1. The van der Waals surface area contributed by atoms with Crippen molar-refractivity contribution in [2.24, 2.45) is 0 Å². The predicted molar refractivity (Wildman–Crippen MR) is 94.4 cm³/mol. The van der Waals surface area contributed by atoms with Gasteiger partial charge in [-0.2, -0.15) is 0 Å². The lowest BCUT2D eigenvalue weighted by molar-refractivity contribution is 0.612. The Balaban J connectivity index is 1.99. The molecule has 0 aliphatic carbocycles. The van der Waals surface area contributed by atoms with Crippen LogP contribution in [0.15, 0.2) is 29.3 Å². The van der Waals surface area contributed by atoms with Gasteiger partial charge in [-0.15, -0.1) is 10.2 Å². The number of unbranched alkanes of at least 4 members (excludes halogenated alkanes) is 2. The molecule has 0 fully saturated rings. The third kappa shape index (κ3) is 2.50. The third-order valence-electron chi connectivity index (χ3n) is 4.35. The van der Waals surface area contributed by atoms with Gasteiger partial charge in [0.15, 0.2) is 11.2 Å². The van der Waals surface area contributed by atoms with E-state index in [1.807, 2.05) is 16.7 Å². The number of nitrogens with one attached hydrogen (secondary N) is 1. The minimum atomic E-state index is -0.174. The number of hydrogen-bond acceptors (Lipinski definition) is 5. The SMILES string of the molecule is CCCCCn1c2nc(-c3ccncc3)[nH]c2c(=O)n2c(C)nnc12. The average molecular weight is 337 g/mol. The van der Waals surface area contributed by atoms with Crippen LogP contribution in [-0.2, 0) is 6.54 Å². The number of nitrogens with zero attached hydrogens (tertiary/aromatic N) is 6. The second-order valence-corrected chi connectivity index (χ2v) is 6.07. The highest BCUT2D eigenvalue weighted by Crippen LogP contribution is 2.20. The van der Waals surface area contributed by atoms with Crippen molar-refractivity contribution < 1.29 is 0 Å². The molecular weight excluding hydrogens is 318 g/mol. The quantitative estimate of drug-likeness (QED) is 0.564. The summed E-state index contributed by atoms with van der Waals surface area (Å²) in [5.74, 6) is 1.77. The van der Waals surface area contributed by atoms with Crippen LogP contribution >= 0.6 is 0 Å². The highest BCUT2D eigenvalue weighted by Gasteiger charge is 2.18. The molecule has 0 atom stereocenters. The molecule has 25 heavy (non-hydrogen) atoms. The van der Waals surface area contributed by atoms with Gasteiger partial charge in [-0.3, -0.25) is 14.3 Å². The first kappa shape index (κ1) is 15.5. The van der Waals surface area contributed by atoms with E-state index in [1.54, 1.807) is 23.7 Å². The number of imidazole rings is 1. The van der Waals surface area contributed by atoms with Crippen LogP contribution in [0.1, 0.15) is 32.0 Å². The van der Waals surface area contributed by atoms with E-state index in [0.29, 0.717) is 28.6 Å². The molecule has 0 amide bonds. The van der Waals surface area contributed by atoms with Gasteiger partial charge >= 0.3 is 0 Å². The number of fused-ring (bicyclic) bond motifs is 2. The van der Waals surface area contributed by atoms with Crippen LogP contribution in [0.3, 0.4) is 0 Å². The first-order valence-corrected chi connectivity index (χ1v) is 8.45. The monoisotopic (exact) mass is 337 g/mol. The molecule has 4 aromatic rings. The third-order valence-corrected chi connectivity index (χ3v) is 4.35. The van der Waals surface area contributed by atoms with Crippen molar-refractivity contribution in [2.75, 3.05) is 0 Å². The van der Waals surface area contributed by atoms with Gasteiger partial charge in [-0.05, 0) is 25.5 Å². The largest absolute Gasteiger partial charge is 0.332 e. The Morgan fingerprint density at radius 2 is 1.96 bits per heavy atom. The van der Waals surface area contributed by atoms with E-state index in [1.165, 1.54) is 0 Å². The predicted octanol–water partition coefficient (Wildman–Crippen LogP) is 2.33. The molecular formula is C17H19N7O. The van der Waals surface area contributed by atoms with Gasteiger partial charge in [0, 0.05) is 24.5 Å². The van der Waals surface area contributed by atoms with E-state index in [2.05, 4.69) is 32.1 Å². The van der Waals surface area contributed by atoms with E-state index in [0.717, 1.165) is 31.4 Å². The average Bonchev–Trinajstić information content (AvgIpc) is 3.24. The van der Waals surface area contributed by atoms with Crippen molar-refractivity contribution >= 4 is 16.9 Å². The van der Waals surface area contributed by atoms with Crippen LogP contribution in [-0.4, -0.2) is 34.1 Å². The Morgan fingerprint density at radius 1 is 1.16 bits per heavy atom. The maximum Gasteiger partial charge on any atom is 0.286 e. The van der Waals surface area contributed by atoms with Crippen LogP contribution in [0.5, 0.6) is 0 Å². The molecule has 0 saturated carbocycles. The molecule has 0 saturated heterocycles. The summed E-state index contributed by atoms with van der Waals surface area (Å²) in [7, 11) is 0. The maximum atomic E-state index is 12.9. The van der Waals surface area contributed by atoms with E-state index < -0.39 is 0 Å². The number of aromatic amines is 1. The summed E-state index contributed by atoms with van der Waals surface area (Å²) in [5.41, 5.74) is 1.80. The van der Waals surface area contributed by atoms with Crippen LogP contribution < -0.4 is 5.56 Å². The Hall–Kier alpha value is -3.03. The molecule has 0 spiro atoms. The number of pyridine rings is 1. The molecule has 0 aliphatic rings. The Labute approximate surface area is 143 Å². The fourth-order valence-corrected chi connectivity index (χ4v) is 3.05. The minimum Gasteiger partial charge on any atom is -0.332 e. The number of aryl methyl sites for hydroxylation is 2. The molecule has 1 N–H and O–H groups in total. The molecule has 0 unspecified atom stereocenters. The first-order chi connectivity index (χ1) is 12.2. The highest BCUT2D eigenvalue weighted by molar-refractivity contribution is 5.77. The summed E-state index contributed by atoms with van der Waals surface area (Å²) in [5, 5.41) is 8.27. The molecule has 8 nitrogen and oxygen atoms in total. The van der Waals surface area contributed by atoms with Crippen molar-refractivity contribution in [3.63, 3.8) is 0 Å². The molecule has 0 aromatic carbocycles. The number of aromatic nitrogens is 7. The normalized spacial score (nSPS) is 11.6. The first-order valence-electron chi connectivity index (χ1n) is 8.45. The lowest BCUT2D eigenvalue weighted by Gasteiger charge is -2.08. The Bertz CT molecular complexity index is 1090. The fraction of sp³-hybridized carbons (Fsp3) is 0.353. The zero-order valence-electron chi connectivity index (χ0n) is 14.2. The summed E-state index contributed by atoms with van der Waals surface area (Å²) in [4.78, 5) is 24.8. The highest BCUT2D eigenvalue weighted by atomic mass is 16.1. The smallest absolute Gasteiger partial charge is 0.286 e. The maximum absolute atomic E-state index is 12.9. The minimum absolute atomic E-state index is 0.174. The van der Waals surface area contributed by atoms with Crippen molar-refractivity contribution in [2.45, 2.75) is 39.7 Å². The van der Waals surface area contributed by atoms with E-state index >= 15 is 0 Å². The molecule has 4 aromatic heterocycles. The summed E-state index contributed by atoms with van der Waals surface area (Å²) in [6.07, 6.45) is 6.63. The second kappa shape index (κ2) is 6.12. The zero-order valence-corrected chi connectivity index (χ0v) is 14.2. The van der Waals surface area contributed by atoms with Gasteiger partial charge in [0.1, 0.15) is 11.6 Å². The standard InChI is InChI=1S/C17H19N7O/c1-3-4-5-10-23-15-13(16(25)24-11(2)21-22-17(23)24)19-14(20-15)12-6-8-18-9-7-12/h6-9H,3-5,10H2,1-2H3,(H,19,20). The summed E-state index contributed by atoms with van der Waals surface area (Å²) >= 11 is 0. The van der Waals surface area contributed by atoms with E-state index in [9.17, 15) is 4.79 Å². The molecule has 128 valence electrons. The van der Waals surface area contributed by atoms with Gasteiger partial charge in [0.05, 0.1) is 0 Å². The van der Waals surface area contributed by atoms with Crippen LogP contribution in [0, 0.1) is 6.92 Å². The van der Waals surface area contributed by atoms with Crippen LogP contribution in [0.25, 0.3) is 28.3 Å². The molecule has 0 bridgehead atoms. The lowest BCUT2D eigenvalue weighted by Crippen LogP contribution is -2.20. The molecule has 4 heterocycles.